The second-order valence-electron chi connectivity index (χ2n) is 4.67. The monoisotopic (exact) mass is 250 g/mol. The van der Waals surface area contributed by atoms with E-state index in [4.69, 9.17) is 0 Å². The summed E-state index contributed by atoms with van der Waals surface area (Å²) < 4.78 is 1.47. The maximum Gasteiger partial charge on any atom is 0.279 e. The standard InChI is InChI=1S/C16H14N2O/c1-11-10-12(2)18(17-11)16(19)15-9-5-7-13-6-3-4-8-14(13)15/h3-10H,1-2H3. The van der Waals surface area contributed by atoms with Crippen LogP contribution in [-0.4, -0.2) is 15.7 Å². The SMILES string of the molecule is Cc1cc(C)n(C(=O)c2cccc3ccccc23)n1. The zero-order valence-electron chi connectivity index (χ0n) is 10.9. The molecule has 2 aromatic carbocycles. The van der Waals surface area contributed by atoms with Gasteiger partial charge in [0.2, 0.25) is 0 Å². The zero-order chi connectivity index (χ0) is 13.4. The molecule has 3 heteroatoms. The minimum absolute atomic E-state index is 0.0811. The van der Waals surface area contributed by atoms with Crippen LogP contribution in [0.25, 0.3) is 10.8 Å². The van der Waals surface area contributed by atoms with E-state index in [1.807, 2.05) is 62.4 Å². The first kappa shape index (κ1) is 11.7. The van der Waals surface area contributed by atoms with Gasteiger partial charge in [0.25, 0.3) is 5.91 Å². The van der Waals surface area contributed by atoms with Crippen molar-refractivity contribution in [2.45, 2.75) is 13.8 Å². The van der Waals surface area contributed by atoms with E-state index in [0.29, 0.717) is 5.56 Å². The lowest BCUT2D eigenvalue weighted by molar-refractivity contribution is 0.0944. The van der Waals surface area contributed by atoms with Crippen molar-refractivity contribution in [1.29, 1.82) is 0 Å². The molecule has 19 heavy (non-hydrogen) atoms. The van der Waals surface area contributed by atoms with Crippen molar-refractivity contribution < 1.29 is 4.79 Å². The topological polar surface area (TPSA) is 34.9 Å². The second kappa shape index (κ2) is 4.35. The smallest absolute Gasteiger partial charge is 0.267 e. The number of nitrogens with zero attached hydrogens (tertiary/aromatic N) is 2. The van der Waals surface area contributed by atoms with Gasteiger partial charge in [0.1, 0.15) is 0 Å². The average molecular weight is 250 g/mol. The molecule has 0 aliphatic heterocycles. The first-order valence-corrected chi connectivity index (χ1v) is 6.22. The molecule has 0 unspecified atom stereocenters. The second-order valence-corrected chi connectivity index (χ2v) is 4.67. The van der Waals surface area contributed by atoms with Crippen molar-refractivity contribution in [3.63, 3.8) is 0 Å². The lowest BCUT2D eigenvalue weighted by Crippen LogP contribution is -2.15. The van der Waals surface area contributed by atoms with Crippen LogP contribution in [0.2, 0.25) is 0 Å². The van der Waals surface area contributed by atoms with Crippen molar-refractivity contribution in [2.75, 3.05) is 0 Å². The van der Waals surface area contributed by atoms with E-state index in [1.165, 1.54) is 4.68 Å². The predicted octanol–water partition coefficient (Wildman–Crippen LogP) is 3.34. The van der Waals surface area contributed by atoms with Crippen molar-refractivity contribution in [1.82, 2.24) is 9.78 Å². The Morgan fingerprint density at radius 1 is 1.05 bits per heavy atom. The fourth-order valence-electron chi connectivity index (χ4n) is 2.36. The number of aryl methyl sites for hydroxylation is 2. The Balaban J connectivity index is 2.19. The molecule has 0 radical (unpaired) electrons. The van der Waals surface area contributed by atoms with Crippen LogP contribution in [0.15, 0.2) is 48.5 Å². The van der Waals surface area contributed by atoms with Gasteiger partial charge in [-0.3, -0.25) is 4.79 Å². The van der Waals surface area contributed by atoms with Gasteiger partial charge < -0.3 is 0 Å². The van der Waals surface area contributed by atoms with E-state index in [2.05, 4.69) is 5.10 Å². The van der Waals surface area contributed by atoms with Crippen LogP contribution >= 0.6 is 0 Å². The summed E-state index contributed by atoms with van der Waals surface area (Å²) in [6.07, 6.45) is 0. The molecule has 0 saturated heterocycles. The van der Waals surface area contributed by atoms with Gasteiger partial charge in [0, 0.05) is 11.3 Å². The molecule has 1 heterocycles. The first-order valence-electron chi connectivity index (χ1n) is 6.22. The summed E-state index contributed by atoms with van der Waals surface area (Å²) in [4.78, 5) is 12.6. The van der Waals surface area contributed by atoms with Crippen LogP contribution in [-0.2, 0) is 0 Å². The summed E-state index contributed by atoms with van der Waals surface area (Å²) in [7, 11) is 0. The van der Waals surface area contributed by atoms with E-state index < -0.39 is 0 Å². The molecule has 1 aromatic heterocycles. The van der Waals surface area contributed by atoms with Crippen molar-refractivity contribution >= 4 is 16.7 Å². The van der Waals surface area contributed by atoms with Crippen molar-refractivity contribution in [3.05, 3.63) is 65.5 Å². The molecule has 0 atom stereocenters. The van der Waals surface area contributed by atoms with E-state index in [0.717, 1.165) is 22.2 Å². The third kappa shape index (κ3) is 1.93. The third-order valence-electron chi connectivity index (χ3n) is 3.22. The molecular formula is C16H14N2O. The normalized spacial score (nSPS) is 10.8. The summed E-state index contributed by atoms with van der Waals surface area (Å²) in [6, 6.07) is 15.6. The van der Waals surface area contributed by atoms with Gasteiger partial charge in [-0.15, -0.1) is 0 Å². The van der Waals surface area contributed by atoms with Crippen molar-refractivity contribution in [3.8, 4) is 0 Å². The number of benzene rings is 2. The number of carbonyl (C=O) groups is 1. The highest BCUT2D eigenvalue weighted by molar-refractivity contribution is 6.07. The van der Waals surface area contributed by atoms with Crippen LogP contribution in [0, 0.1) is 13.8 Å². The first-order chi connectivity index (χ1) is 9.16. The summed E-state index contributed by atoms with van der Waals surface area (Å²) >= 11 is 0. The molecule has 0 aliphatic rings. The summed E-state index contributed by atoms with van der Waals surface area (Å²) in [6.45, 7) is 3.78. The highest BCUT2D eigenvalue weighted by Gasteiger charge is 2.14. The van der Waals surface area contributed by atoms with Gasteiger partial charge in [-0.1, -0.05) is 36.4 Å². The number of hydrogen-bond acceptors (Lipinski definition) is 2. The van der Waals surface area contributed by atoms with Gasteiger partial charge in [0.15, 0.2) is 0 Å². The number of carbonyl (C=O) groups excluding carboxylic acids is 1. The van der Waals surface area contributed by atoms with E-state index in [1.54, 1.807) is 0 Å². The Morgan fingerprint density at radius 2 is 1.79 bits per heavy atom. The molecule has 3 nitrogen and oxygen atoms in total. The van der Waals surface area contributed by atoms with E-state index in [-0.39, 0.29) is 5.91 Å². The fraction of sp³-hybridized carbons (Fsp3) is 0.125. The number of hydrogen-bond donors (Lipinski definition) is 0. The summed E-state index contributed by atoms with van der Waals surface area (Å²) in [5, 5.41) is 6.29. The molecule has 0 bridgehead atoms. The Hall–Kier alpha value is -2.42. The van der Waals surface area contributed by atoms with Crippen LogP contribution in [0.1, 0.15) is 21.7 Å². The summed E-state index contributed by atoms with van der Waals surface area (Å²) in [5.41, 5.74) is 2.39. The Bertz CT molecular complexity index is 766. The molecule has 3 aromatic rings. The minimum atomic E-state index is -0.0811. The Kier molecular flexibility index (Phi) is 2.67. The molecular weight excluding hydrogens is 236 g/mol. The molecule has 0 amide bonds. The quantitative estimate of drug-likeness (QED) is 0.664. The maximum atomic E-state index is 12.6. The molecule has 0 fully saturated rings. The van der Waals surface area contributed by atoms with Gasteiger partial charge in [-0.05, 0) is 36.8 Å². The highest BCUT2D eigenvalue weighted by atomic mass is 16.2. The minimum Gasteiger partial charge on any atom is -0.267 e. The molecule has 3 rings (SSSR count). The average Bonchev–Trinajstić information content (AvgIpc) is 2.76. The van der Waals surface area contributed by atoms with Crippen LogP contribution in [0.4, 0.5) is 0 Å². The Morgan fingerprint density at radius 3 is 2.53 bits per heavy atom. The van der Waals surface area contributed by atoms with Gasteiger partial charge in [-0.2, -0.15) is 5.10 Å². The number of aromatic nitrogens is 2. The maximum absolute atomic E-state index is 12.6. The van der Waals surface area contributed by atoms with Crippen LogP contribution < -0.4 is 0 Å². The summed E-state index contributed by atoms with van der Waals surface area (Å²) in [5.74, 6) is -0.0811. The zero-order valence-corrected chi connectivity index (χ0v) is 10.9. The number of fused-ring (bicyclic) bond motifs is 1. The van der Waals surface area contributed by atoms with Gasteiger partial charge in [0.05, 0.1) is 5.69 Å². The largest absolute Gasteiger partial charge is 0.279 e. The highest BCUT2D eigenvalue weighted by Crippen LogP contribution is 2.20. The van der Waals surface area contributed by atoms with E-state index >= 15 is 0 Å². The van der Waals surface area contributed by atoms with Crippen LogP contribution in [0.3, 0.4) is 0 Å². The van der Waals surface area contributed by atoms with E-state index in [9.17, 15) is 4.79 Å². The molecule has 0 saturated carbocycles. The van der Waals surface area contributed by atoms with Crippen LogP contribution in [0.5, 0.6) is 0 Å². The lowest BCUT2D eigenvalue weighted by atomic mass is 10.0. The molecule has 0 N–H and O–H groups in total. The third-order valence-corrected chi connectivity index (χ3v) is 3.22. The fourth-order valence-corrected chi connectivity index (χ4v) is 2.36. The molecule has 0 spiro atoms. The molecule has 0 aliphatic carbocycles. The van der Waals surface area contributed by atoms with Gasteiger partial charge >= 0.3 is 0 Å². The Labute approximate surface area is 111 Å². The molecule has 94 valence electrons. The lowest BCUT2D eigenvalue weighted by Gasteiger charge is -2.06. The predicted molar refractivity (Wildman–Crippen MR) is 75.4 cm³/mol. The van der Waals surface area contributed by atoms with Crippen molar-refractivity contribution in [2.24, 2.45) is 0 Å². The van der Waals surface area contributed by atoms with Gasteiger partial charge in [-0.25, -0.2) is 4.68 Å². The number of rotatable bonds is 1.